The second-order valence-electron chi connectivity index (χ2n) is 3.05. The molecule has 0 aliphatic heterocycles. The van der Waals surface area contributed by atoms with Crippen molar-refractivity contribution in [3.8, 4) is 0 Å². The van der Waals surface area contributed by atoms with Crippen LogP contribution in [-0.4, -0.2) is 9.66 Å². The minimum absolute atomic E-state index is 0.603. The monoisotopic (exact) mass is 177 g/mol. The zero-order valence-electron chi connectivity index (χ0n) is 7.28. The normalized spacial score (nSPS) is 10.8. The molecule has 0 bridgehead atoms. The molecule has 0 spiro atoms. The summed E-state index contributed by atoms with van der Waals surface area (Å²) in [5.74, 6) is 5.63. The van der Waals surface area contributed by atoms with Crippen molar-refractivity contribution in [1.82, 2.24) is 9.66 Å². The van der Waals surface area contributed by atoms with Crippen molar-refractivity contribution in [3.05, 3.63) is 18.0 Å². The Balaban J connectivity index is 3.00. The highest BCUT2D eigenvalue weighted by atomic mass is 15.3. The van der Waals surface area contributed by atoms with E-state index < -0.39 is 0 Å². The van der Waals surface area contributed by atoms with Gasteiger partial charge < -0.3 is 17.3 Å². The van der Waals surface area contributed by atoms with Crippen LogP contribution in [0.2, 0.25) is 0 Å². The standard InChI is InChI=1S/C8H11N5/c1-4-2-5(9)7-8(6(4)10)13(11)3-12-7/h2-3H,9-11H2,1H3. The van der Waals surface area contributed by atoms with E-state index in [-0.39, 0.29) is 0 Å². The number of benzene rings is 1. The molecule has 6 N–H and O–H groups in total. The van der Waals surface area contributed by atoms with Gasteiger partial charge in [0.25, 0.3) is 0 Å². The number of aromatic nitrogens is 2. The molecular weight excluding hydrogens is 166 g/mol. The molecule has 1 heterocycles. The Labute approximate surface area is 75.1 Å². The molecule has 0 amide bonds. The third kappa shape index (κ3) is 0.900. The molecule has 0 atom stereocenters. The maximum Gasteiger partial charge on any atom is 0.115 e. The Kier molecular flexibility index (Phi) is 1.36. The fourth-order valence-corrected chi connectivity index (χ4v) is 1.41. The molecule has 2 rings (SSSR count). The van der Waals surface area contributed by atoms with E-state index in [1.807, 2.05) is 6.92 Å². The lowest BCUT2D eigenvalue weighted by molar-refractivity contribution is 1.04. The van der Waals surface area contributed by atoms with Crippen molar-refractivity contribution in [3.63, 3.8) is 0 Å². The van der Waals surface area contributed by atoms with Crippen molar-refractivity contribution in [2.45, 2.75) is 6.92 Å². The van der Waals surface area contributed by atoms with Crippen LogP contribution in [0.15, 0.2) is 12.4 Å². The first kappa shape index (κ1) is 7.72. The van der Waals surface area contributed by atoms with Gasteiger partial charge in [0.15, 0.2) is 0 Å². The van der Waals surface area contributed by atoms with E-state index in [0.29, 0.717) is 22.4 Å². The molecule has 1 aromatic heterocycles. The van der Waals surface area contributed by atoms with Crippen molar-refractivity contribution >= 4 is 22.4 Å². The Hall–Kier alpha value is -1.91. The first-order chi connectivity index (χ1) is 6.11. The predicted molar refractivity (Wildman–Crippen MR) is 53.4 cm³/mol. The van der Waals surface area contributed by atoms with Gasteiger partial charge >= 0.3 is 0 Å². The van der Waals surface area contributed by atoms with E-state index in [1.54, 1.807) is 6.07 Å². The molecule has 0 saturated carbocycles. The summed E-state index contributed by atoms with van der Waals surface area (Å²) in [7, 11) is 0. The van der Waals surface area contributed by atoms with Gasteiger partial charge in [0.2, 0.25) is 0 Å². The molecule has 1 aromatic carbocycles. The fraction of sp³-hybridized carbons (Fsp3) is 0.125. The number of hydrogen-bond donors (Lipinski definition) is 3. The van der Waals surface area contributed by atoms with Gasteiger partial charge in [-0.2, -0.15) is 0 Å². The summed E-state index contributed by atoms with van der Waals surface area (Å²) in [6.07, 6.45) is 1.50. The minimum Gasteiger partial charge on any atom is -0.397 e. The molecule has 13 heavy (non-hydrogen) atoms. The first-order valence-corrected chi connectivity index (χ1v) is 3.88. The lowest BCUT2D eigenvalue weighted by atomic mass is 10.1. The number of imidazole rings is 1. The number of anilines is 2. The molecule has 0 saturated heterocycles. The van der Waals surface area contributed by atoms with E-state index in [0.717, 1.165) is 5.56 Å². The van der Waals surface area contributed by atoms with Crippen LogP contribution < -0.4 is 17.3 Å². The molecule has 0 unspecified atom stereocenters. The van der Waals surface area contributed by atoms with E-state index in [4.69, 9.17) is 17.3 Å². The maximum absolute atomic E-state index is 5.84. The van der Waals surface area contributed by atoms with E-state index in [9.17, 15) is 0 Å². The number of hydrogen-bond acceptors (Lipinski definition) is 4. The number of nitrogen functional groups attached to an aromatic ring is 3. The minimum atomic E-state index is 0.603. The highest BCUT2D eigenvalue weighted by molar-refractivity contribution is 5.97. The predicted octanol–water partition coefficient (Wildman–Crippen LogP) is 0.223. The molecule has 5 nitrogen and oxygen atoms in total. The average Bonchev–Trinajstić information content (AvgIpc) is 2.44. The van der Waals surface area contributed by atoms with Crippen molar-refractivity contribution in [2.75, 3.05) is 17.3 Å². The highest BCUT2D eigenvalue weighted by Crippen LogP contribution is 2.27. The number of nitrogens with two attached hydrogens (primary N) is 3. The van der Waals surface area contributed by atoms with Gasteiger partial charge in [-0.3, -0.25) is 0 Å². The Morgan fingerprint density at radius 3 is 2.77 bits per heavy atom. The van der Waals surface area contributed by atoms with Gasteiger partial charge in [-0.1, -0.05) is 0 Å². The first-order valence-electron chi connectivity index (χ1n) is 3.88. The molecular formula is C8H11N5. The second-order valence-corrected chi connectivity index (χ2v) is 3.05. The van der Waals surface area contributed by atoms with Crippen LogP contribution in [-0.2, 0) is 0 Å². The van der Waals surface area contributed by atoms with Crippen LogP contribution in [0, 0.1) is 6.92 Å². The summed E-state index contributed by atoms with van der Waals surface area (Å²) in [5.41, 5.74) is 15.1. The quantitative estimate of drug-likeness (QED) is 0.396. The zero-order chi connectivity index (χ0) is 9.59. The van der Waals surface area contributed by atoms with Gasteiger partial charge in [-0.05, 0) is 18.6 Å². The van der Waals surface area contributed by atoms with Gasteiger partial charge in [0.05, 0.1) is 11.4 Å². The van der Waals surface area contributed by atoms with E-state index >= 15 is 0 Å². The van der Waals surface area contributed by atoms with Crippen LogP contribution >= 0.6 is 0 Å². The van der Waals surface area contributed by atoms with Gasteiger partial charge in [-0.25, -0.2) is 9.66 Å². The molecule has 0 aliphatic carbocycles. The number of fused-ring (bicyclic) bond motifs is 1. The molecule has 0 aliphatic rings. The summed E-state index contributed by atoms with van der Waals surface area (Å²) in [6.45, 7) is 1.89. The Morgan fingerprint density at radius 2 is 2.08 bits per heavy atom. The molecule has 5 heteroatoms. The van der Waals surface area contributed by atoms with Crippen LogP contribution in [0.4, 0.5) is 11.4 Å². The summed E-state index contributed by atoms with van der Waals surface area (Å²) in [5, 5.41) is 0. The van der Waals surface area contributed by atoms with Gasteiger partial charge in [0, 0.05) is 0 Å². The second kappa shape index (κ2) is 2.29. The van der Waals surface area contributed by atoms with Crippen molar-refractivity contribution in [1.29, 1.82) is 0 Å². The van der Waals surface area contributed by atoms with Crippen molar-refractivity contribution in [2.24, 2.45) is 0 Å². The van der Waals surface area contributed by atoms with Crippen molar-refractivity contribution < 1.29 is 0 Å². The van der Waals surface area contributed by atoms with Crippen LogP contribution in [0.5, 0.6) is 0 Å². The third-order valence-corrected chi connectivity index (χ3v) is 2.12. The smallest absolute Gasteiger partial charge is 0.115 e. The van der Waals surface area contributed by atoms with Gasteiger partial charge in [-0.15, -0.1) is 0 Å². The van der Waals surface area contributed by atoms with Crippen LogP contribution in [0.25, 0.3) is 11.0 Å². The third-order valence-electron chi connectivity index (χ3n) is 2.12. The topological polar surface area (TPSA) is 95.9 Å². The Bertz CT molecular complexity index is 471. The SMILES string of the molecule is Cc1cc(N)c2ncn(N)c2c1N. The summed E-state index contributed by atoms with van der Waals surface area (Å²) >= 11 is 0. The number of nitrogens with zero attached hydrogens (tertiary/aromatic N) is 2. The largest absolute Gasteiger partial charge is 0.397 e. The van der Waals surface area contributed by atoms with Crippen LogP contribution in [0.1, 0.15) is 5.56 Å². The Morgan fingerprint density at radius 1 is 1.38 bits per heavy atom. The lowest BCUT2D eigenvalue weighted by Gasteiger charge is -2.05. The zero-order valence-corrected chi connectivity index (χ0v) is 7.28. The number of aryl methyl sites for hydroxylation is 1. The maximum atomic E-state index is 5.84. The molecule has 0 radical (unpaired) electrons. The summed E-state index contributed by atoms with van der Waals surface area (Å²) in [4.78, 5) is 4.05. The molecule has 2 aromatic rings. The van der Waals surface area contributed by atoms with Crippen LogP contribution in [0.3, 0.4) is 0 Å². The van der Waals surface area contributed by atoms with Gasteiger partial charge in [0.1, 0.15) is 17.4 Å². The van der Waals surface area contributed by atoms with E-state index in [2.05, 4.69) is 4.98 Å². The molecule has 68 valence electrons. The molecule has 0 fully saturated rings. The van der Waals surface area contributed by atoms with E-state index in [1.165, 1.54) is 11.0 Å². The lowest BCUT2D eigenvalue weighted by Crippen LogP contribution is -2.08. The summed E-state index contributed by atoms with van der Waals surface area (Å²) < 4.78 is 1.38. The highest BCUT2D eigenvalue weighted by Gasteiger charge is 2.09. The summed E-state index contributed by atoms with van der Waals surface area (Å²) in [6, 6.07) is 1.80. The average molecular weight is 177 g/mol. The number of rotatable bonds is 0. The fourth-order valence-electron chi connectivity index (χ4n) is 1.41.